The molecule has 0 aromatic heterocycles. The van der Waals surface area contributed by atoms with Crippen molar-refractivity contribution in [2.75, 3.05) is 6.61 Å². The Morgan fingerprint density at radius 1 is 1.00 bits per heavy atom. The fraction of sp³-hybridized carbons (Fsp3) is 0.391. The highest BCUT2D eigenvalue weighted by molar-refractivity contribution is 7.00. The van der Waals surface area contributed by atoms with E-state index in [0.717, 1.165) is 11.1 Å². The van der Waals surface area contributed by atoms with E-state index in [1.807, 2.05) is 44.2 Å². The lowest BCUT2D eigenvalue weighted by Crippen LogP contribution is -2.26. The largest absolute Gasteiger partial charge is 0.465 e. The Kier molecular flexibility index (Phi) is 8.84. The summed E-state index contributed by atoms with van der Waals surface area (Å²) in [4.78, 5) is 25.9. The van der Waals surface area contributed by atoms with E-state index in [1.165, 1.54) is 5.56 Å². The van der Waals surface area contributed by atoms with Crippen LogP contribution in [-0.4, -0.2) is 18.4 Å². The van der Waals surface area contributed by atoms with Gasteiger partial charge in [0, 0.05) is 5.56 Å². The molecule has 2 atom stereocenters. The van der Waals surface area contributed by atoms with Crippen LogP contribution in [0.1, 0.15) is 66.2 Å². The van der Waals surface area contributed by atoms with Crippen molar-refractivity contribution in [1.29, 1.82) is 0 Å². The number of hydrogen-bond acceptors (Lipinski definition) is 4. The van der Waals surface area contributed by atoms with E-state index in [2.05, 4.69) is 20.8 Å². The van der Waals surface area contributed by atoms with E-state index >= 15 is 0 Å². The van der Waals surface area contributed by atoms with Crippen LogP contribution >= 0.6 is 9.12 Å². The van der Waals surface area contributed by atoms with Crippen molar-refractivity contribution in [3.05, 3.63) is 70.3 Å². The monoisotopic (exact) mass is 402 g/mol. The lowest BCUT2D eigenvalue weighted by molar-refractivity contribution is -0.143. The van der Waals surface area contributed by atoms with Crippen molar-refractivity contribution in [1.82, 2.24) is 0 Å². The van der Waals surface area contributed by atoms with Crippen LogP contribution in [0.3, 0.4) is 0 Å². The van der Waals surface area contributed by atoms with Crippen molar-refractivity contribution in [3.8, 4) is 0 Å². The maximum absolute atomic E-state index is 13.4. The minimum Gasteiger partial charge on any atom is -0.465 e. The molecule has 2 aromatic rings. The molecule has 0 fully saturated rings. The van der Waals surface area contributed by atoms with Crippen molar-refractivity contribution in [2.24, 2.45) is 0 Å². The molecule has 0 aliphatic heterocycles. The first-order valence-electron chi connectivity index (χ1n) is 9.33. The second-order valence-electron chi connectivity index (χ2n) is 7.70. The van der Waals surface area contributed by atoms with Gasteiger partial charge in [0.1, 0.15) is 5.92 Å². The second kappa shape index (κ2) is 10.4. The molecule has 0 saturated heterocycles. The summed E-state index contributed by atoms with van der Waals surface area (Å²) in [5.41, 5.74) is 4.23. The molecule has 5 heteroatoms. The van der Waals surface area contributed by atoms with Crippen molar-refractivity contribution >= 4 is 20.9 Å². The van der Waals surface area contributed by atoms with Gasteiger partial charge in [-0.1, -0.05) is 63.2 Å². The molecule has 152 valence electrons. The number of aryl methyl sites for hydroxylation is 2. The standard InChI is InChI=1S/C23H28O3.H3OP/c1-7-26-22(25)20(17-11-9-8-10-12-17)21(24)19-15(2)13-18(14-16(19)3)23(4,5)6;1-2/h8-14,20H,7H2,1-6H3;2H3. The normalized spacial score (nSPS) is 11.9. The summed E-state index contributed by atoms with van der Waals surface area (Å²) in [6, 6.07) is 13.2. The number of ether oxygens (including phenoxy) is 1. The van der Waals surface area contributed by atoms with Crippen LogP contribution < -0.4 is 0 Å². The Morgan fingerprint density at radius 2 is 1.50 bits per heavy atom. The maximum atomic E-state index is 13.4. The smallest absolute Gasteiger partial charge is 0.321 e. The van der Waals surface area contributed by atoms with Crippen LogP contribution in [0.15, 0.2) is 42.5 Å². The van der Waals surface area contributed by atoms with Gasteiger partial charge in [-0.3, -0.25) is 9.59 Å². The summed E-state index contributed by atoms with van der Waals surface area (Å²) in [5.74, 6) is -1.64. The van der Waals surface area contributed by atoms with Crippen LogP contribution in [-0.2, 0) is 19.5 Å². The van der Waals surface area contributed by atoms with Crippen molar-refractivity contribution in [2.45, 2.75) is 52.9 Å². The SMILES string of the molecule is CCOC(=O)C(C(=O)c1c(C)cc(C(C)(C)C)cc1C)c1ccccc1.O=[PH3]. The number of hydrogen-bond donors (Lipinski definition) is 0. The third kappa shape index (κ3) is 5.65. The van der Waals surface area contributed by atoms with Crippen LogP contribution in [0, 0.1) is 13.8 Å². The van der Waals surface area contributed by atoms with E-state index in [0.29, 0.717) is 20.2 Å². The average molecular weight is 402 g/mol. The number of Topliss-reactive ketones (excluding diaryl/α,β-unsaturated/α-hetero) is 1. The lowest BCUT2D eigenvalue weighted by Gasteiger charge is -2.23. The predicted octanol–water partition coefficient (Wildman–Crippen LogP) is 5.07. The molecule has 0 radical (unpaired) electrons. The number of carbonyl (C=O) groups is 2. The maximum Gasteiger partial charge on any atom is 0.321 e. The van der Waals surface area contributed by atoms with Gasteiger partial charge < -0.3 is 9.30 Å². The Balaban J connectivity index is 0.00000190. The number of esters is 1. The Morgan fingerprint density at radius 3 is 1.93 bits per heavy atom. The Hall–Kier alpha value is -2.19. The molecule has 4 nitrogen and oxygen atoms in total. The van der Waals surface area contributed by atoms with Crippen LogP contribution in [0.5, 0.6) is 0 Å². The third-order valence-corrected chi connectivity index (χ3v) is 4.56. The summed E-state index contributed by atoms with van der Waals surface area (Å²) in [7, 11) is 0.611. The second-order valence-corrected chi connectivity index (χ2v) is 7.70. The van der Waals surface area contributed by atoms with Crippen LogP contribution in [0.4, 0.5) is 0 Å². The number of rotatable bonds is 5. The Labute approximate surface area is 169 Å². The van der Waals surface area contributed by atoms with Crippen molar-refractivity contribution < 1.29 is 18.9 Å². The van der Waals surface area contributed by atoms with E-state index in [9.17, 15) is 9.59 Å². The van der Waals surface area contributed by atoms with Gasteiger partial charge in [-0.2, -0.15) is 0 Å². The zero-order valence-corrected chi connectivity index (χ0v) is 19.1. The van der Waals surface area contributed by atoms with Gasteiger partial charge in [0.05, 0.1) is 15.7 Å². The van der Waals surface area contributed by atoms with Gasteiger partial charge in [0.15, 0.2) is 5.78 Å². The molecule has 0 amide bonds. The number of ketones is 1. The van der Waals surface area contributed by atoms with E-state index in [-0.39, 0.29) is 17.8 Å². The molecule has 2 rings (SSSR count). The fourth-order valence-electron chi connectivity index (χ4n) is 3.20. The summed E-state index contributed by atoms with van der Waals surface area (Å²) < 4.78 is 13.5. The summed E-state index contributed by atoms with van der Waals surface area (Å²) in [6.07, 6.45) is 0. The average Bonchev–Trinajstić information content (AvgIpc) is 2.63. The quantitative estimate of drug-likeness (QED) is 0.303. The van der Waals surface area contributed by atoms with Gasteiger partial charge in [-0.05, 0) is 48.4 Å². The van der Waals surface area contributed by atoms with Crippen molar-refractivity contribution in [3.63, 3.8) is 0 Å². The molecule has 0 N–H and O–H groups in total. The first-order valence-corrected chi connectivity index (χ1v) is 9.91. The van der Waals surface area contributed by atoms with Gasteiger partial charge in [-0.15, -0.1) is 0 Å². The van der Waals surface area contributed by atoms with E-state index in [1.54, 1.807) is 19.1 Å². The first kappa shape index (κ1) is 23.8. The minimum atomic E-state index is -0.936. The molecular formula is C23H31O4P. The molecule has 0 aliphatic rings. The number of carbonyl (C=O) groups excluding carboxylic acids is 2. The number of benzene rings is 2. The topological polar surface area (TPSA) is 60.4 Å². The minimum absolute atomic E-state index is 0.00291. The van der Waals surface area contributed by atoms with Crippen LogP contribution in [0.25, 0.3) is 0 Å². The third-order valence-electron chi connectivity index (χ3n) is 4.56. The first-order chi connectivity index (χ1) is 13.2. The zero-order chi connectivity index (χ0) is 21.5. The van der Waals surface area contributed by atoms with E-state index < -0.39 is 11.9 Å². The molecule has 0 aliphatic carbocycles. The predicted molar refractivity (Wildman–Crippen MR) is 117 cm³/mol. The van der Waals surface area contributed by atoms with Gasteiger partial charge >= 0.3 is 5.97 Å². The molecule has 0 bridgehead atoms. The molecule has 0 saturated carbocycles. The van der Waals surface area contributed by atoms with Gasteiger partial charge in [-0.25, -0.2) is 0 Å². The highest BCUT2D eigenvalue weighted by Gasteiger charge is 2.32. The van der Waals surface area contributed by atoms with Gasteiger partial charge in [0.2, 0.25) is 0 Å². The molecule has 2 aromatic carbocycles. The van der Waals surface area contributed by atoms with E-state index in [4.69, 9.17) is 9.30 Å². The lowest BCUT2D eigenvalue weighted by atomic mass is 9.81. The molecule has 0 spiro atoms. The molecule has 28 heavy (non-hydrogen) atoms. The summed E-state index contributed by atoms with van der Waals surface area (Å²) >= 11 is 0. The fourth-order valence-corrected chi connectivity index (χ4v) is 3.20. The molecule has 2 unspecified atom stereocenters. The Bertz CT molecular complexity index is 799. The van der Waals surface area contributed by atoms with Gasteiger partial charge in [0.25, 0.3) is 0 Å². The molecular weight excluding hydrogens is 371 g/mol. The summed E-state index contributed by atoms with van der Waals surface area (Å²) in [6.45, 7) is 12.3. The highest BCUT2D eigenvalue weighted by Crippen LogP contribution is 2.30. The highest BCUT2D eigenvalue weighted by atomic mass is 31.0. The summed E-state index contributed by atoms with van der Waals surface area (Å²) in [5, 5.41) is 0. The molecule has 0 heterocycles. The van der Waals surface area contributed by atoms with Crippen LogP contribution in [0.2, 0.25) is 0 Å². The zero-order valence-electron chi connectivity index (χ0n) is 17.7.